The average Bonchev–Trinajstić information content (AvgIpc) is 3.29. The van der Waals surface area contributed by atoms with E-state index in [9.17, 15) is 14.0 Å². The molecule has 0 aliphatic carbocycles. The molecule has 160 valence electrons. The van der Waals surface area contributed by atoms with Crippen LogP contribution in [0.3, 0.4) is 0 Å². The highest BCUT2D eigenvalue weighted by Gasteiger charge is 2.42. The molecule has 5 heterocycles. The lowest BCUT2D eigenvalue weighted by molar-refractivity contribution is 0.0596. The lowest BCUT2D eigenvalue weighted by Crippen LogP contribution is -2.49. The van der Waals surface area contributed by atoms with Crippen molar-refractivity contribution in [3.63, 3.8) is 0 Å². The Morgan fingerprint density at radius 3 is 2.84 bits per heavy atom. The molecule has 0 unspecified atom stereocenters. The zero-order valence-corrected chi connectivity index (χ0v) is 16.7. The van der Waals surface area contributed by atoms with E-state index in [4.69, 9.17) is 10.8 Å². The highest BCUT2D eigenvalue weighted by atomic mass is 19.1. The summed E-state index contributed by atoms with van der Waals surface area (Å²) in [5, 5.41) is 13.4. The van der Waals surface area contributed by atoms with Gasteiger partial charge in [0, 0.05) is 31.3 Å². The summed E-state index contributed by atoms with van der Waals surface area (Å²) in [5.41, 5.74) is 9.97. The van der Waals surface area contributed by atoms with Crippen LogP contribution < -0.4 is 5.73 Å². The maximum atomic E-state index is 14.5. The van der Waals surface area contributed by atoms with Gasteiger partial charge < -0.3 is 20.6 Å². The van der Waals surface area contributed by atoms with Crippen LogP contribution in [-0.2, 0) is 6.42 Å². The van der Waals surface area contributed by atoms with Crippen molar-refractivity contribution in [3.05, 3.63) is 41.5 Å². The molecule has 2 aliphatic rings. The summed E-state index contributed by atoms with van der Waals surface area (Å²) in [7, 11) is 0. The maximum Gasteiger partial charge on any atom is 0.407 e. The second-order valence-corrected chi connectivity index (χ2v) is 7.86. The van der Waals surface area contributed by atoms with E-state index < -0.39 is 18.3 Å². The molecular weight excluding hydrogens is 405 g/mol. The minimum Gasteiger partial charge on any atom is -0.465 e. The summed E-state index contributed by atoms with van der Waals surface area (Å²) < 4.78 is 16.2. The van der Waals surface area contributed by atoms with E-state index in [1.54, 1.807) is 16.8 Å². The van der Waals surface area contributed by atoms with E-state index in [0.29, 0.717) is 46.8 Å². The molecule has 3 aromatic rings. The van der Waals surface area contributed by atoms with Crippen molar-refractivity contribution in [1.82, 2.24) is 29.4 Å². The van der Waals surface area contributed by atoms with E-state index in [1.165, 1.54) is 11.2 Å². The Morgan fingerprint density at radius 2 is 2.10 bits per heavy atom. The number of hydrogen-bond acceptors (Lipinski definition) is 6. The van der Waals surface area contributed by atoms with Crippen molar-refractivity contribution in [2.75, 3.05) is 25.4 Å². The number of alkyl halides is 1. The standard InChI is InChI=1S/C20H20FN7O3/c1-10-4-15(28-17(10)18(22)24-9-25-28)11-5-12-14(23-6-11)2-3-27(19(12)29)16-8-26(20(30)31)7-13(16)21/h4-6,9,13,16H,2-3,7-8H2,1H3,(H,30,31)(H2,22,24,25)/t13-,16+/m1/s1. The van der Waals surface area contributed by atoms with Crippen LogP contribution in [0.15, 0.2) is 24.7 Å². The molecule has 2 aliphatic heterocycles. The lowest BCUT2D eigenvalue weighted by Gasteiger charge is -2.33. The fraction of sp³-hybridized carbons (Fsp3) is 0.350. The van der Waals surface area contributed by atoms with Gasteiger partial charge in [-0.15, -0.1) is 0 Å². The topological polar surface area (TPSA) is 130 Å². The van der Waals surface area contributed by atoms with Crippen molar-refractivity contribution in [1.29, 1.82) is 0 Å². The summed E-state index contributed by atoms with van der Waals surface area (Å²) >= 11 is 0. The molecule has 3 N–H and O–H groups in total. The number of nitrogens with two attached hydrogens (primary N) is 1. The van der Waals surface area contributed by atoms with Crippen LogP contribution in [0.5, 0.6) is 0 Å². The van der Waals surface area contributed by atoms with Gasteiger partial charge in [-0.1, -0.05) is 0 Å². The summed E-state index contributed by atoms with van der Waals surface area (Å²) in [6, 6.07) is 2.83. The highest BCUT2D eigenvalue weighted by Crippen LogP contribution is 2.31. The van der Waals surface area contributed by atoms with Crippen LogP contribution in [-0.4, -0.2) is 78.3 Å². The third-order valence-corrected chi connectivity index (χ3v) is 6.01. The quantitative estimate of drug-likeness (QED) is 0.634. The first kappa shape index (κ1) is 19.2. The number of carbonyl (C=O) groups is 2. The van der Waals surface area contributed by atoms with Gasteiger partial charge in [0.25, 0.3) is 5.91 Å². The van der Waals surface area contributed by atoms with E-state index in [-0.39, 0.29) is 19.0 Å². The van der Waals surface area contributed by atoms with E-state index >= 15 is 0 Å². The number of aryl methyl sites for hydroxylation is 1. The summed E-state index contributed by atoms with van der Waals surface area (Å²) in [6.45, 7) is 1.93. The average molecular weight is 425 g/mol. The molecule has 5 rings (SSSR count). The van der Waals surface area contributed by atoms with Gasteiger partial charge in [-0.25, -0.2) is 18.7 Å². The number of rotatable bonds is 2. The van der Waals surface area contributed by atoms with Crippen molar-refractivity contribution >= 4 is 23.3 Å². The Kier molecular flexibility index (Phi) is 4.27. The van der Waals surface area contributed by atoms with Crippen LogP contribution in [0.2, 0.25) is 0 Å². The Labute approximate surface area is 176 Å². The molecule has 2 amide bonds. The Bertz CT molecular complexity index is 1230. The molecule has 3 aromatic heterocycles. The maximum absolute atomic E-state index is 14.5. The first-order valence-corrected chi connectivity index (χ1v) is 9.86. The first-order chi connectivity index (χ1) is 14.8. The Balaban J connectivity index is 1.52. The number of nitrogen functional groups attached to an aromatic ring is 1. The van der Waals surface area contributed by atoms with Gasteiger partial charge in [0.15, 0.2) is 5.82 Å². The number of carboxylic acid groups (broad SMARTS) is 1. The lowest BCUT2D eigenvalue weighted by atomic mass is 9.99. The van der Waals surface area contributed by atoms with Gasteiger partial charge in [-0.05, 0) is 24.6 Å². The second-order valence-electron chi connectivity index (χ2n) is 7.86. The molecule has 0 saturated carbocycles. The number of fused-ring (bicyclic) bond motifs is 2. The van der Waals surface area contributed by atoms with Crippen LogP contribution in [0.1, 0.15) is 21.6 Å². The fourth-order valence-corrected chi connectivity index (χ4v) is 4.47. The molecule has 0 radical (unpaired) electrons. The summed E-state index contributed by atoms with van der Waals surface area (Å²) in [4.78, 5) is 35.4. The van der Waals surface area contributed by atoms with E-state index in [2.05, 4.69) is 15.1 Å². The minimum absolute atomic E-state index is 0.0383. The smallest absolute Gasteiger partial charge is 0.407 e. The molecule has 10 nitrogen and oxygen atoms in total. The minimum atomic E-state index is -1.42. The van der Waals surface area contributed by atoms with E-state index in [0.717, 1.165) is 10.5 Å². The van der Waals surface area contributed by atoms with Crippen LogP contribution >= 0.6 is 0 Å². The van der Waals surface area contributed by atoms with Gasteiger partial charge >= 0.3 is 6.09 Å². The normalized spacial score (nSPS) is 21.0. The van der Waals surface area contributed by atoms with Gasteiger partial charge in [0.2, 0.25) is 0 Å². The number of amides is 2. The van der Waals surface area contributed by atoms with Crippen LogP contribution in [0.25, 0.3) is 16.8 Å². The number of aromatic nitrogens is 4. The van der Waals surface area contributed by atoms with Crippen molar-refractivity contribution in [3.8, 4) is 11.3 Å². The fourth-order valence-electron chi connectivity index (χ4n) is 4.47. The third-order valence-electron chi connectivity index (χ3n) is 6.01. The van der Waals surface area contributed by atoms with Crippen molar-refractivity contribution in [2.45, 2.75) is 25.6 Å². The zero-order chi connectivity index (χ0) is 21.9. The van der Waals surface area contributed by atoms with Crippen molar-refractivity contribution < 1.29 is 19.1 Å². The molecule has 2 atom stereocenters. The van der Waals surface area contributed by atoms with E-state index in [1.807, 2.05) is 13.0 Å². The number of halogens is 1. The molecular formula is C20H20FN7O3. The second kappa shape index (κ2) is 6.89. The van der Waals surface area contributed by atoms with Crippen LogP contribution in [0.4, 0.5) is 15.0 Å². The molecule has 11 heteroatoms. The predicted molar refractivity (Wildman–Crippen MR) is 108 cm³/mol. The largest absolute Gasteiger partial charge is 0.465 e. The van der Waals surface area contributed by atoms with Crippen molar-refractivity contribution in [2.24, 2.45) is 0 Å². The summed E-state index contributed by atoms with van der Waals surface area (Å²) in [5.74, 6) is 0.00679. The van der Waals surface area contributed by atoms with Gasteiger partial charge in [-0.2, -0.15) is 5.10 Å². The summed E-state index contributed by atoms with van der Waals surface area (Å²) in [6.07, 6.45) is 0.909. The predicted octanol–water partition coefficient (Wildman–Crippen LogP) is 1.38. The zero-order valence-electron chi connectivity index (χ0n) is 16.7. The monoisotopic (exact) mass is 425 g/mol. The number of carbonyl (C=O) groups excluding carboxylic acids is 1. The Hall–Kier alpha value is -3.76. The molecule has 1 saturated heterocycles. The number of hydrogen-bond donors (Lipinski definition) is 2. The third kappa shape index (κ3) is 2.95. The molecule has 0 aromatic carbocycles. The van der Waals surface area contributed by atoms with Gasteiger partial charge in [-0.3, -0.25) is 9.78 Å². The Morgan fingerprint density at radius 1 is 1.29 bits per heavy atom. The number of anilines is 1. The number of likely N-dealkylation sites (tertiary alicyclic amines) is 1. The van der Waals surface area contributed by atoms with Crippen LogP contribution in [0, 0.1) is 6.92 Å². The highest BCUT2D eigenvalue weighted by molar-refractivity contribution is 5.98. The van der Waals surface area contributed by atoms with Gasteiger partial charge in [0.05, 0.1) is 29.5 Å². The molecule has 0 spiro atoms. The number of nitrogens with zero attached hydrogens (tertiary/aromatic N) is 6. The molecule has 31 heavy (non-hydrogen) atoms. The number of pyridine rings is 1. The first-order valence-electron chi connectivity index (χ1n) is 9.86. The van der Waals surface area contributed by atoms with Gasteiger partial charge in [0.1, 0.15) is 18.0 Å². The SMILES string of the molecule is Cc1cc(-c2cnc3c(c2)C(=O)N([C@H]2CN(C(=O)O)C[C@H]2F)CC3)n2ncnc(N)c12. The molecule has 0 bridgehead atoms. The molecule has 1 fully saturated rings.